The summed E-state index contributed by atoms with van der Waals surface area (Å²) in [4.78, 5) is 16.4. The smallest absolute Gasteiger partial charge is 0.253 e. The molecule has 0 atom stereocenters. The Morgan fingerprint density at radius 2 is 1.44 bits per heavy atom. The average molecular weight is 346 g/mol. The molecule has 1 fully saturated rings. The third-order valence-corrected chi connectivity index (χ3v) is 4.24. The fourth-order valence-electron chi connectivity index (χ4n) is 2.77. The predicted octanol–water partition coefficient (Wildman–Crippen LogP) is 2.80. The topological polar surface area (TPSA) is 32.8 Å². The molecule has 0 aromatic heterocycles. The van der Waals surface area contributed by atoms with Crippen LogP contribution < -0.4 is 4.74 Å². The molecule has 0 radical (unpaired) electrons. The van der Waals surface area contributed by atoms with Gasteiger partial charge >= 0.3 is 0 Å². The van der Waals surface area contributed by atoms with E-state index in [1.807, 2.05) is 0 Å². The standard InChI is InChI=1S/C19H20F2N2O2/c20-16-3-1-15(2-4-16)19(24)23-11-9-22(10-12-23)13-14-25-18-7-5-17(21)6-8-18/h1-8H,9-14H2. The van der Waals surface area contributed by atoms with Gasteiger partial charge in [0.05, 0.1) is 0 Å². The van der Waals surface area contributed by atoms with Gasteiger partial charge in [-0.1, -0.05) is 0 Å². The number of hydrogen-bond donors (Lipinski definition) is 0. The second-order valence-corrected chi connectivity index (χ2v) is 5.94. The molecule has 1 aliphatic rings. The van der Waals surface area contributed by atoms with Gasteiger partial charge in [0.15, 0.2) is 0 Å². The van der Waals surface area contributed by atoms with E-state index in [4.69, 9.17) is 4.74 Å². The summed E-state index contributed by atoms with van der Waals surface area (Å²) < 4.78 is 31.4. The second kappa shape index (κ2) is 8.07. The number of amides is 1. The van der Waals surface area contributed by atoms with Crippen LogP contribution in [-0.2, 0) is 0 Å². The van der Waals surface area contributed by atoms with Crippen molar-refractivity contribution in [1.82, 2.24) is 9.80 Å². The molecule has 0 unspecified atom stereocenters. The van der Waals surface area contributed by atoms with E-state index in [-0.39, 0.29) is 17.5 Å². The summed E-state index contributed by atoms with van der Waals surface area (Å²) in [6.07, 6.45) is 0. The molecule has 4 nitrogen and oxygen atoms in total. The van der Waals surface area contributed by atoms with Crippen LogP contribution in [0.3, 0.4) is 0 Å². The average Bonchev–Trinajstić information content (AvgIpc) is 2.64. The third-order valence-electron chi connectivity index (χ3n) is 4.24. The number of carbonyl (C=O) groups excluding carboxylic acids is 1. The molecule has 1 amide bonds. The highest BCUT2D eigenvalue weighted by Gasteiger charge is 2.21. The molecule has 0 spiro atoms. The fraction of sp³-hybridized carbons (Fsp3) is 0.316. The highest BCUT2D eigenvalue weighted by molar-refractivity contribution is 5.94. The van der Waals surface area contributed by atoms with Crippen molar-refractivity contribution >= 4 is 5.91 Å². The van der Waals surface area contributed by atoms with E-state index in [2.05, 4.69) is 4.90 Å². The lowest BCUT2D eigenvalue weighted by atomic mass is 10.2. The molecule has 2 aromatic rings. The van der Waals surface area contributed by atoms with Crippen LogP contribution in [0, 0.1) is 11.6 Å². The van der Waals surface area contributed by atoms with Crippen molar-refractivity contribution in [2.45, 2.75) is 0 Å². The van der Waals surface area contributed by atoms with Crippen LogP contribution in [0.15, 0.2) is 48.5 Å². The Labute approximate surface area is 145 Å². The number of nitrogens with zero attached hydrogens (tertiary/aromatic N) is 2. The predicted molar refractivity (Wildman–Crippen MR) is 90.6 cm³/mol. The summed E-state index contributed by atoms with van der Waals surface area (Å²) in [7, 11) is 0. The molecule has 2 aromatic carbocycles. The summed E-state index contributed by atoms with van der Waals surface area (Å²) in [5.74, 6) is -0.0504. The van der Waals surface area contributed by atoms with Gasteiger partial charge in [-0.15, -0.1) is 0 Å². The first kappa shape index (κ1) is 17.4. The van der Waals surface area contributed by atoms with E-state index in [0.717, 1.165) is 19.6 Å². The quantitative estimate of drug-likeness (QED) is 0.835. The van der Waals surface area contributed by atoms with Crippen molar-refractivity contribution in [3.8, 4) is 5.75 Å². The number of halogens is 2. The molecule has 0 N–H and O–H groups in total. The largest absolute Gasteiger partial charge is 0.492 e. The van der Waals surface area contributed by atoms with Crippen LogP contribution in [0.25, 0.3) is 0 Å². The Kier molecular flexibility index (Phi) is 5.60. The van der Waals surface area contributed by atoms with E-state index >= 15 is 0 Å². The van der Waals surface area contributed by atoms with E-state index in [1.54, 1.807) is 17.0 Å². The number of piperazine rings is 1. The molecule has 3 rings (SSSR count). The Hall–Kier alpha value is -2.47. The highest BCUT2D eigenvalue weighted by Crippen LogP contribution is 2.12. The summed E-state index contributed by atoms with van der Waals surface area (Å²) in [6, 6.07) is 11.6. The van der Waals surface area contributed by atoms with Crippen molar-refractivity contribution in [3.05, 3.63) is 65.7 Å². The van der Waals surface area contributed by atoms with Gasteiger partial charge in [-0.25, -0.2) is 8.78 Å². The van der Waals surface area contributed by atoms with E-state index in [9.17, 15) is 13.6 Å². The molecule has 1 saturated heterocycles. The van der Waals surface area contributed by atoms with Gasteiger partial charge in [0, 0.05) is 38.3 Å². The van der Waals surface area contributed by atoms with Gasteiger partial charge in [-0.2, -0.15) is 0 Å². The van der Waals surface area contributed by atoms with Crippen LogP contribution in [-0.4, -0.2) is 55.0 Å². The Morgan fingerprint density at radius 3 is 2.04 bits per heavy atom. The van der Waals surface area contributed by atoms with Crippen LogP contribution in [0.4, 0.5) is 8.78 Å². The Balaban J connectivity index is 1.41. The minimum absolute atomic E-state index is 0.0674. The van der Waals surface area contributed by atoms with Gasteiger partial charge in [-0.05, 0) is 48.5 Å². The zero-order chi connectivity index (χ0) is 17.6. The van der Waals surface area contributed by atoms with E-state index in [0.29, 0.717) is 31.0 Å². The van der Waals surface area contributed by atoms with Crippen LogP contribution in [0.1, 0.15) is 10.4 Å². The van der Waals surface area contributed by atoms with Crippen LogP contribution >= 0.6 is 0 Å². The van der Waals surface area contributed by atoms with Gasteiger partial charge < -0.3 is 9.64 Å². The molecule has 6 heteroatoms. The zero-order valence-electron chi connectivity index (χ0n) is 13.8. The first-order valence-corrected chi connectivity index (χ1v) is 8.27. The molecule has 0 bridgehead atoms. The molecule has 0 aliphatic carbocycles. The molecular formula is C19H20F2N2O2. The zero-order valence-corrected chi connectivity index (χ0v) is 13.8. The van der Waals surface area contributed by atoms with Crippen molar-refractivity contribution in [1.29, 1.82) is 0 Å². The van der Waals surface area contributed by atoms with Crippen LogP contribution in [0.2, 0.25) is 0 Å². The number of rotatable bonds is 5. The van der Waals surface area contributed by atoms with Crippen molar-refractivity contribution in [2.24, 2.45) is 0 Å². The summed E-state index contributed by atoms with van der Waals surface area (Å²) in [5, 5.41) is 0. The molecule has 1 heterocycles. The van der Waals surface area contributed by atoms with Gasteiger partial charge in [-0.3, -0.25) is 9.69 Å². The SMILES string of the molecule is O=C(c1ccc(F)cc1)N1CCN(CCOc2ccc(F)cc2)CC1. The monoisotopic (exact) mass is 346 g/mol. The maximum Gasteiger partial charge on any atom is 0.253 e. The van der Waals surface area contributed by atoms with Crippen molar-refractivity contribution in [2.75, 3.05) is 39.3 Å². The van der Waals surface area contributed by atoms with E-state index < -0.39 is 0 Å². The minimum atomic E-state index is -0.345. The van der Waals surface area contributed by atoms with Gasteiger partial charge in [0.2, 0.25) is 0 Å². The first-order chi connectivity index (χ1) is 12.1. The van der Waals surface area contributed by atoms with Gasteiger partial charge in [0.25, 0.3) is 5.91 Å². The Bertz CT molecular complexity index is 696. The molecule has 25 heavy (non-hydrogen) atoms. The lowest BCUT2D eigenvalue weighted by Crippen LogP contribution is -2.49. The first-order valence-electron chi connectivity index (χ1n) is 8.27. The van der Waals surface area contributed by atoms with Crippen molar-refractivity contribution < 1.29 is 18.3 Å². The molecular weight excluding hydrogens is 326 g/mol. The molecule has 1 aliphatic heterocycles. The number of ether oxygens (including phenoxy) is 1. The number of carbonyl (C=O) groups is 1. The highest BCUT2D eigenvalue weighted by atomic mass is 19.1. The van der Waals surface area contributed by atoms with Crippen LogP contribution in [0.5, 0.6) is 5.75 Å². The normalized spacial score (nSPS) is 15.2. The Morgan fingerprint density at radius 1 is 0.880 bits per heavy atom. The van der Waals surface area contributed by atoms with Crippen molar-refractivity contribution in [3.63, 3.8) is 0 Å². The maximum absolute atomic E-state index is 12.9. The second-order valence-electron chi connectivity index (χ2n) is 5.94. The summed E-state index contributed by atoms with van der Waals surface area (Å²) >= 11 is 0. The molecule has 0 saturated carbocycles. The fourth-order valence-corrected chi connectivity index (χ4v) is 2.77. The third kappa shape index (κ3) is 4.76. The lowest BCUT2D eigenvalue weighted by molar-refractivity contribution is 0.0620. The maximum atomic E-state index is 12.9. The number of hydrogen-bond acceptors (Lipinski definition) is 3. The summed E-state index contributed by atoms with van der Waals surface area (Å²) in [5.41, 5.74) is 0.509. The van der Waals surface area contributed by atoms with Gasteiger partial charge in [0.1, 0.15) is 24.0 Å². The lowest BCUT2D eigenvalue weighted by Gasteiger charge is -2.34. The number of benzene rings is 2. The molecule has 132 valence electrons. The summed E-state index contributed by atoms with van der Waals surface area (Å²) in [6.45, 7) is 4.05. The van der Waals surface area contributed by atoms with E-state index in [1.165, 1.54) is 36.4 Å². The minimum Gasteiger partial charge on any atom is -0.492 e.